The highest BCUT2D eigenvalue weighted by Gasteiger charge is 2.18. The van der Waals surface area contributed by atoms with Gasteiger partial charge in [0.05, 0.1) is 17.1 Å². The van der Waals surface area contributed by atoms with Crippen LogP contribution in [0.5, 0.6) is 0 Å². The van der Waals surface area contributed by atoms with Crippen molar-refractivity contribution in [3.05, 3.63) is 72.8 Å². The molecule has 0 fully saturated rings. The molecule has 0 aliphatic carbocycles. The lowest BCUT2D eigenvalue weighted by molar-refractivity contribution is 1.17. The second kappa shape index (κ2) is 6.73. The number of rotatable bonds is 3. The Morgan fingerprint density at radius 3 is 1.00 bits per heavy atom. The number of thiol groups is 3. The highest BCUT2D eigenvalue weighted by Crippen LogP contribution is 2.42. The average Bonchev–Trinajstić information content (AvgIpc) is 2.53. The number of hydrogen-bond donors (Lipinski definition) is 3. The van der Waals surface area contributed by atoms with E-state index in [4.69, 9.17) is 0 Å². The van der Waals surface area contributed by atoms with E-state index in [1.807, 2.05) is 72.8 Å². The van der Waals surface area contributed by atoms with Crippen LogP contribution in [-0.2, 0) is 0 Å². The Bertz CT molecular complexity index is 693. The van der Waals surface area contributed by atoms with Crippen LogP contribution in [0.15, 0.2) is 87.5 Å². The topological polar surface area (TPSA) is 3.24 Å². The molecular weight excluding hydrogens is 326 g/mol. The first-order valence-corrected chi connectivity index (χ1v) is 8.17. The molecule has 0 bridgehead atoms. The van der Waals surface area contributed by atoms with Gasteiger partial charge in [0.15, 0.2) is 0 Å². The van der Waals surface area contributed by atoms with E-state index in [0.717, 1.165) is 31.7 Å². The smallest absolute Gasteiger partial charge is 0.0595 e. The summed E-state index contributed by atoms with van der Waals surface area (Å²) in [4.78, 5) is 4.83. The van der Waals surface area contributed by atoms with Gasteiger partial charge in [-0.1, -0.05) is 36.4 Å². The zero-order chi connectivity index (χ0) is 15.5. The van der Waals surface area contributed by atoms with Crippen LogP contribution in [-0.4, -0.2) is 0 Å². The van der Waals surface area contributed by atoms with Gasteiger partial charge in [0.1, 0.15) is 0 Å². The van der Waals surface area contributed by atoms with Crippen molar-refractivity contribution in [1.29, 1.82) is 0 Å². The molecule has 0 radical (unpaired) electrons. The van der Waals surface area contributed by atoms with Gasteiger partial charge in [-0.05, 0) is 36.4 Å². The molecule has 0 spiro atoms. The number of hydrogen-bond acceptors (Lipinski definition) is 4. The van der Waals surface area contributed by atoms with Crippen LogP contribution in [0.3, 0.4) is 0 Å². The fourth-order valence-corrected chi connectivity index (χ4v) is 3.13. The van der Waals surface area contributed by atoms with Gasteiger partial charge in [-0.25, -0.2) is 0 Å². The standard InChI is InChI=1S/C18H15NS3/c20-16-10-4-1-7-13(16)19(14-8-2-5-11-17(14)21)15-9-3-6-12-18(15)22/h1-12,20-22H. The lowest BCUT2D eigenvalue weighted by atomic mass is 10.2. The van der Waals surface area contributed by atoms with Crippen molar-refractivity contribution in [2.45, 2.75) is 14.7 Å². The summed E-state index contributed by atoms with van der Waals surface area (Å²) in [5, 5.41) is 0. The fraction of sp³-hybridized carbons (Fsp3) is 0. The Morgan fingerprint density at radius 1 is 0.455 bits per heavy atom. The molecule has 0 amide bonds. The normalized spacial score (nSPS) is 10.5. The van der Waals surface area contributed by atoms with E-state index in [0.29, 0.717) is 0 Å². The highest BCUT2D eigenvalue weighted by molar-refractivity contribution is 7.81. The van der Waals surface area contributed by atoms with Crippen LogP contribution in [0.4, 0.5) is 17.1 Å². The van der Waals surface area contributed by atoms with Crippen LogP contribution in [0.25, 0.3) is 0 Å². The molecule has 0 aliphatic rings. The van der Waals surface area contributed by atoms with Crippen molar-refractivity contribution in [2.75, 3.05) is 4.90 Å². The third-order valence-corrected chi connectivity index (χ3v) is 4.50. The second-order valence-corrected chi connectivity index (χ2v) is 6.25. The maximum Gasteiger partial charge on any atom is 0.0595 e. The van der Waals surface area contributed by atoms with E-state index in [2.05, 4.69) is 42.8 Å². The summed E-state index contributed by atoms with van der Waals surface area (Å²) < 4.78 is 0. The Kier molecular flexibility index (Phi) is 4.71. The van der Waals surface area contributed by atoms with Gasteiger partial charge in [-0.3, -0.25) is 0 Å². The molecule has 4 heteroatoms. The molecule has 3 rings (SSSR count). The maximum absolute atomic E-state index is 4.61. The number of anilines is 3. The van der Waals surface area contributed by atoms with Crippen molar-refractivity contribution < 1.29 is 0 Å². The van der Waals surface area contributed by atoms with E-state index in [1.165, 1.54) is 0 Å². The molecule has 0 N–H and O–H groups in total. The first-order chi connectivity index (χ1) is 10.7. The minimum absolute atomic E-state index is 0.899. The molecule has 0 unspecified atom stereocenters. The summed E-state index contributed by atoms with van der Waals surface area (Å²) in [7, 11) is 0. The van der Waals surface area contributed by atoms with Crippen molar-refractivity contribution in [3.63, 3.8) is 0 Å². The third-order valence-electron chi connectivity index (χ3n) is 3.37. The molecule has 1 nitrogen and oxygen atoms in total. The zero-order valence-electron chi connectivity index (χ0n) is 11.7. The molecule has 0 aromatic heterocycles. The average molecular weight is 342 g/mol. The van der Waals surface area contributed by atoms with E-state index < -0.39 is 0 Å². The first kappa shape index (κ1) is 15.4. The lowest BCUT2D eigenvalue weighted by Crippen LogP contribution is -2.12. The van der Waals surface area contributed by atoms with Gasteiger partial charge < -0.3 is 4.90 Å². The molecule has 3 aromatic carbocycles. The predicted molar refractivity (Wildman–Crippen MR) is 103 cm³/mol. The predicted octanol–water partition coefficient (Wildman–Crippen LogP) is 6.02. The largest absolute Gasteiger partial charge is 0.307 e. The summed E-state index contributed by atoms with van der Waals surface area (Å²) in [6.45, 7) is 0. The third kappa shape index (κ3) is 3.00. The van der Waals surface area contributed by atoms with E-state index in [1.54, 1.807) is 0 Å². The summed E-state index contributed by atoms with van der Waals surface area (Å²) in [6.07, 6.45) is 0. The van der Waals surface area contributed by atoms with Crippen molar-refractivity contribution in [2.24, 2.45) is 0 Å². The van der Waals surface area contributed by atoms with Crippen molar-refractivity contribution in [3.8, 4) is 0 Å². The van der Waals surface area contributed by atoms with Gasteiger partial charge in [0.2, 0.25) is 0 Å². The zero-order valence-corrected chi connectivity index (χ0v) is 14.4. The number of nitrogens with zero attached hydrogens (tertiary/aromatic N) is 1. The minimum Gasteiger partial charge on any atom is -0.307 e. The van der Waals surface area contributed by atoms with Gasteiger partial charge in [0, 0.05) is 14.7 Å². The molecule has 3 aromatic rings. The molecule has 0 atom stereocenters. The van der Waals surface area contributed by atoms with Crippen LogP contribution < -0.4 is 4.90 Å². The van der Waals surface area contributed by atoms with Gasteiger partial charge >= 0.3 is 0 Å². The van der Waals surface area contributed by atoms with Gasteiger partial charge in [-0.2, -0.15) is 0 Å². The second-order valence-electron chi connectivity index (χ2n) is 4.80. The van der Waals surface area contributed by atoms with E-state index in [-0.39, 0.29) is 0 Å². The van der Waals surface area contributed by atoms with E-state index in [9.17, 15) is 0 Å². The summed E-state index contributed by atoms with van der Waals surface area (Å²) in [6, 6.07) is 24.0. The molecule has 0 saturated heterocycles. The molecule has 0 heterocycles. The highest BCUT2D eigenvalue weighted by atomic mass is 32.1. The van der Waals surface area contributed by atoms with Crippen molar-refractivity contribution >= 4 is 54.9 Å². The quantitative estimate of drug-likeness (QED) is 0.491. The molecule has 22 heavy (non-hydrogen) atoms. The fourth-order valence-electron chi connectivity index (χ4n) is 2.35. The van der Waals surface area contributed by atoms with Gasteiger partial charge in [0.25, 0.3) is 0 Å². The van der Waals surface area contributed by atoms with E-state index >= 15 is 0 Å². The Labute approximate surface area is 147 Å². The molecule has 110 valence electrons. The Hall–Kier alpha value is -1.49. The number of benzene rings is 3. The Balaban J connectivity index is 2.27. The van der Waals surface area contributed by atoms with Crippen molar-refractivity contribution in [1.82, 2.24) is 0 Å². The summed E-state index contributed by atoms with van der Waals surface area (Å²) >= 11 is 13.8. The summed E-state index contributed by atoms with van der Waals surface area (Å²) in [5.74, 6) is 0. The van der Waals surface area contributed by atoms with Crippen LogP contribution in [0.2, 0.25) is 0 Å². The Morgan fingerprint density at radius 2 is 0.727 bits per heavy atom. The maximum atomic E-state index is 4.61. The number of para-hydroxylation sites is 3. The van der Waals surface area contributed by atoms with Crippen LogP contribution in [0.1, 0.15) is 0 Å². The molecular formula is C18H15NS3. The monoisotopic (exact) mass is 341 g/mol. The molecule has 0 saturated carbocycles. The lowest BCUT2D eigenvalue weighted by Gasteiger charge is -2.28. The SMILES string of the molecule is Sc1ccccc1N(c1ccccc1S)c1ccccc1S. The van der Waals surface area contributed by atoms with Crippen LogP contribution >= 0.6 is 37.9 Å². The molecule has 0 aliphatic heterocycles. The first-order valence-electron chi connectivity index (χ1n) is 6.82. The van der Waals surface area contributed by atoms with Crippen LogP contribution in [0, 0.1) is 0 Å². The summed E-state index contributed by atoms with van der Waals surface area (Å²) in [5.41, 5.74) is 2.98. The minimum atomic E-state index is 0.899. The van der Waals surface area contributed by atoms with Gasteiger partial charge in [-0.15, -0.1) is 37.9 Å².